The zero-order valence-corrected chi connectivity index (χ0v) is 13.4. The van der Waals surface area contributed by atoms with E-state index in [1.165, 1.54) is 24.3 Å². The van der Waals surface area contributed by atoms with Crippen LogP contribution in [0, 0.1) is 5.82 Å². The summed E-state index contributed by atoms with van der Waals surface area (Å²) in [6, 6.07) is 10.6. The fourth-order valence-corrected chi connectivity index (χ4v) is 3.62. The first-order valence-electron chi connectivity index (χ1n) is 7.16. The number of likely N-dealkylation sites (N-methyl/N-ethyl adjacent to an activating group) is 1. The topological polar surface area (TPSA) is 58.6 Å². The molecule has 0 radical (unpaired) electrons. The Morgan fingerprint density at radius 3 is 2.70 bits per heavy atom. The van der Waals surface area contributed by atoms with Gasteiger partial charge in [-0.2, -0.15) is 0 Å². The maximum atomic E-state index is 12.9. The number of nitrogens with one attached hydrogen (secondary N) is 1. The summed E-state index contributed by atoms with van der Waals surface area (Å²) in [5, 5.41) is 0. The first-order valence-corrected chi connectivity index (χ1v) is 8.81. The molecule has 1 aliphatic rings. The van der Waals surface area contributed by atoms with Gasteiger partial charge in [-0.05, 0) is 35.9 Å². The number of hydrogen-bond acceptors (Lipinski definition) is 4. The molecule has 2 aromatic rings. The van der Waals surface area contributed by atoms with Crippen molar-refractivity contribution in [3.63, 3.8) is 0 Å². The Labute approximate surface area is 134 Å². The molecule has 0 atom stereocenters. The maximum Gasteiger partial charge on any atom is 0.236 e. The summed E-state index contributed by atoms with van der Waals surface area (Å²) in [5.41, 5.74) is 1.85. The number of sulfonamides is 1. The second-order valence-electron chi connectivity index (χ2n) is 5.44. The van der Waals surface area contributed by atoms with Crippen molar-refractivity contribution in [1.82, 2.24) is 0 Å². The van der Waals surface area contributed by atoms with Crippen LogP contribution in [0.25, 0.3) is 0 Å². The second kappa shape index (κ2) is 6.08. The van der Waals surface area contributed by atoms with Crippen LogP contribution in [0.3, 0.4) is 0 Å². The summed E-state index contributed by atoms with van der Waals surface area (Å²) in [6.07, 6.45) is 0. The van der Waals surface area contributed by atoms with E-state index < -0.39 is 15.8 Å². The minimum atomic E-state index is -3.58. The molecule has 0 aliphatic carbocycles. The summed E-state index contributed by atoms with van der Waals surface area (Å²) in [5.74, 6) is 0.133. The summed E-state index contributed by atoms with van der Waals surface area (Å²) < 4.78 is 45.5. The molecule has 5 nitrogen and oxygen atoms in total. The van der Waals surface area contributed by atoms with Crippen molar-refractivity contribution in [2.45, 2.75) is 5.75 Å². The molecule has 3 rings (SSSR count). The first-order chi connectivity index (χ1) is 10.9. The van der Waals surface area contributed by atoms with Crippen LogP contribution in [0.5, 0.6) is 5.75 Å². The average Bonchev–Trinajstić information content (AvgIpc) is 2.50. The predicted molar refractivity (Wildman–Crippen MR) is 87.9 cm³/mol. The van der Waals surface area contributed by atoms with E-state index in [0.717, 1.165) is 18.0 Å². The number of fused-ring (bicyclic) bond motifs is 1. The van der Waals surface area contributed by atoms with Gasteiger partial charge in [-0.25, -0.2) is 12.8 Å². The van der Waals surface area contributed by atoms with Crippen LogP contribution in [0.2, 0.25) is 0 Å². The Morgan fingerprint density at radius 1 is 1.22 bits per heavy atom. The molecule has 0 aromatic heterocycles. The van der Waals surface area contributed by atoms with Crippen LogP contribution < -0.4 is 14.4 Å². The smallest absolute Gasteiger partial charge is 0.236 e. The molecular formula is C16H17FN2O3S. The van der Waals surface area contributed by atoms with Gasteiger partial charge in [-0.1, -0.05) is 12.1 Å². The fourth-order valence-electron chi connectivity index (χ4n) is 2.43. The summed E-state index contributed by atoms with van der Waals surface area (Å²) in [4.78, 5) is 2.01. The molecule has 0 saturated heterocycles. The van der Waals surface area contributed by atoms with Crippen molar-refractivity contribution in [1.29, 1.82) is 0 Å². The van der Waals surface area contributed by atoms with Gasteiger partial charge in [0.05, 0.1) is 23.7 Å². The predicted octanol–water partition coefficient (Wildman–Crippen LogP) is 2.60. The van der Waals surface area contributed by atoms with Gasteiger partial charge in [0.1, 0.15) is 18.2 Å². The summed E-state index contributed by atoms with van der Waals surface area (Å²) in [6.45, 7) is 1.36. The number of ether oxygens (including phenoxy) is 1. The molecule has 1 aliphatic heterocycles. The summed E-state index contributed by atoms with van der Waals surface area (Å²) in [7, 11) is -1.65. The molecule has 0 spiro atoms. The molecule has 2 aromatic carbocycles. The molecule has 1 heterocycles. The third-order valence-corrected chi connectivity index (χ3v) is 4.86. The third kappa shape index (κ3) is 3.73. The van der Waals surface area contributed by atoms with Crippen LogP contribution in [0.15, 0.2) is 42.5 Å². The Bertz CT molecular complexity index is 807. The van der Waals surface area contributed by atoms with Crippen molar-refractivity contribution in [2.24, 2.45) is 0 Å². The highest BCUT2D eigenvalue weighted by Crippen LogP contribution is 2.33. The van der Waals surface area contributed by atoms with E-state index in [1.807, 2.05) is 11.9 Å². The zero-order valence-electron chi connectivity index (χ0n) is 12.6. The average molecular weight is 336 g/mol. The minimum Gasteiger partial charge on any atom is -0.490 e. The van der Waals surface area contributed by atoms with Gasteiger partial charge >= 0.3 is 0 Å². The van der Waals surface area contributed by atoms with Gasteiger partial charge in [0, 0.05) is 7.05 Å². The Kier molecular flexibility index (Phi) is 4.12. The standard InChI is InChI=1S/C16H17FN2O3S/c1-19-8-9-22-16-7-6-14(10-15(16)19)18-23(20,21)11-12-2-4-13(17)5-3-12/h2-7,10,18H,8-9,11H2,1H3. The molecule has 0 bridgehead atoms. The van der Waals surface area contributed by atoms with Gasteiger partial charge in [-0.15, -0.1) is 0 Å². The number of benzene rings is 2. The lowest BCUT2D eigenvalue weighted by Crippen LogP contribution is -2.28. The molecule has 1 N–H and O–H groups in total. The third-order valence-electron chi connectivity index (χ3n) is 3.60. The first kappa shape index (κ1) is 15.6. The van der Waals surface area contributed by atoms with Crippen molar-refractivity contribution >= 4 is 21.4 Å². The molecule has 23 heavy (non-hydrogen) atoms. The van der Waals surface area contributed by atoms with Crippen molar-refractivity contribution in [2.75, 3.05) is 29.8 Å². The normalized spacial score (nSPS) is 14.1. The van der Waals surface area contributed by atoms with E-state index >= 15 is 0 Å². The van der Waals surface area contributed by atoms with Gasteiger partial charge in [-0.3, -0.25) is 4.72 Å². The van der Waals surface area contributed by atoms with Crippen LogP contribution in [-0.4, -0.2) is 28.6 Å². The monoisotopic (exact) mass is 336 g/mol. The van der Waals surface area contributed by atoms with Crippen LogP contribution in [-0.2, 0) is 15.8 Å². The molecule has 7 heteroatoms. The number of hydrogen-bond donors (Lipinski definition) is 1. The Hall–Kier alpha value is -2.28. The maximum absolute atomic E-state index is 12.9. The highest BCUT2D eigenvalue weighted by molar-refractivity contribution is 7.91. The van der Waals surface area contributed by atoms with Crippen molar-refractivity contribution in [3.8, 4) is 5.75 Å². The number of anilines is 2. The van der Waals surface area contributed by atoms with Gasteiger partial charge in [0.25, 0.3) is 0 Å². The van der Waals surface area contributed by atoms with Gasteiger partial charge in [0.2, 0.25) is 10.0 Å². The SMILES string of the molecule is CN1CCOc2ccc(NS(=O)(=O)Cc3ccc(F)cc3)cc21. The van der Waals surface area contributed by atoms with E-state index in [0.29, 0.717) is 17.9 Å². The van der Waals surface area contributed by atoms with Crippen LogP contribution in [0.1, 0.15) is 5.56 Å². The molecular weight excluding hydrogens is 319 g/mol. The largest absolute Gasteiger partial charge is 0.490 e. The van der Waals surface area contributed by atoms with Crippen molar-refractivity contribution < 1.29 is 17.5 Å². The lowest BCUT2D eigenvalue weighted by Gasteiger charge is -2.28. The molecule has 122 valence electrons. The highest BCUT2D eigenvalue weighted by Gasteiger charge is 2.17. The highest BCUT2D eigenvalue weighted by atomic mass is 32.2. The second-order valence-corrected chi connectivity index (χ2v) is 7.16. The molecule has 0 unspecified atom stereocenters. The van der Waals surface area contributed by atoms with E-state index in [9.17, 15) is 12.8 Å². The fraction of sp³-hybridized carbons (Fsp3) is 0.250. The molecule has 0 saturated carbocycles. The minimum absolute atomic E-state index is 0.212. The van der Waals surface area contributed by atoms with Gasteiger partial charge in [0.15, 0.2) is 0 Å². The Balaban J connectivity index is 1.78. The van der Waals surface area contributed by atoms with E-state index in [2.05, 4.69) is 4.72 Å². The number of rotatable bonds is 4. The van der Waals surface area contributed by atoms with E-state index in [1.54, 1.807) is 18.2 Å². The lowest BCUT2D eigenvalue weighted by molar-refractivity contribution is 0.311. The van der Waals surface area contributed by atoms with E-state index in [4.69, 9.17) is 4.74 Å². The number of nitrogens with zero attached hydrogens (tertiary/aromatic N) is 1. The molecule has 0 amide bonds. The van der Waals surface area contributed by atoms with Crippen LogP contribution in [0.4, 0.5) is 15.8 Å². The molecule has 0 fully saturated rings. The van der Waals surface area contributed by atoms with E-state index in [-0.39, 0.29) is 5.75 Å². The van der Waals surface area contributed by atoms with Crippen LogP contribution >= 0.6 is 0 Å². The number of halogens is 1. The van der Waals surface area contributed by atoms with Gasteiger partial charge < -0.3 is 9.64 Å². The Morgan fingerprint density at radius 2 is 1.96 bits per heavy atom. The zero-order chi connectivity index (χ0) is 16.4. The lowest BCUT2D eigenvalue weighted by atomic mass is 10.2. The summed E-state index contributed by atoms with van der Waals surface area (Å²) >= 11 is 0. The van der Waals surface area contributed by atoms with Crippen molar-refractivity contribution in [3.05, 3.63) is 53.8 Å². The quantitative estimate of drug-likeness (QED) is 0.932.